The van der Waals surface area contributed by atoms with Crippen LogP contribution < -0.4 is 15.4 Å². The maximum atomic E-state index is 12.3. The Hall–Kier alpha value is -3.82. The summed E-state index contributed by atoms with van der Waals surface area (Å²) in [6.07, 6.45) is -0.0528. The van der Waals surface area contributed by atoms with Crippen LogP contribution in [-0.4, -0.2) is 30.1 Å². The average Bonchev–Trinajstić information content (AvgIpc) is 3.06. The normalized spacial score (nSPS) is 18.3. The predicted octanol–water partition coefficient (Wildman–Crippen LogP) is 6.52. The number of para-hydroxylation sites is 1. The Morgan fingerprint density at radius 2 is 1.43 bits per heavy atom. The Bertz CT molecular complexity index is 1420. The summed E-state index contributed by atoms with van der Waals surface area (Å²) in [6.45, 7) is 0.888. The molecule has 5 rings (SSSR count). The first-order chi connectivity index (χ1) is 20.6. The van der Waals surface area contributed by atoms with Crippen molar-refractivity contribution in [2.45, 2.75) is 49.5 Å². The van der Waals surface area contributed by atoms with Crippen LogP contribution in [0.2, 0.25) is 0 Å². The van der Waals surface area contributed by atoms with Crippen LogP contribution in [0.3, 0.4) is 0 Å². The highest BCUT2D eigenvalue weighted by atomic mass is 32.2. The molecule has 7 nitrogen and oxygen atoms in total. The highest BCUT2D eigenvalue weighted by Crippen LogP contribution is 2.40. The second-order valence-corrected chi connectivity index (χ2v) is 11.1. The van der Waals surface area contributed by atoms with Gasteiger partial charge in [0.2, 0.25) is 0 Å². The van der Waals surface area contributed by atoms with E-state index in [-0.39, 0.29) is 24.8 Å². The van der Waals surface area contributed by atoms with Crippen molar-refractivity contribution in [2.24, 2.45) is 0 Å². The SMILES string of the molecule is COc1ccccc1SCC1CC(c2ccc(CO)cc2)OC(c2ccc(CNC(=O)NCc3ccccc3)cc2)O1. The van der Waals surface area contributed by atoms with Gasteiger partial charge in [-0.25, -0.2) is 4.79 Å². The van der Waals surface area contributed by atoms with E-state index in [1.165, 1.54) is 0 Å². The molecule has 2 amide bonds. The molecule has 4 aromatic carbocycles. The Kier molecular flexibility index (Phi) is 10.5. The topological polar surface area (TPSA) is 89.0 Å². The predicted molar refractivity (Wildman–Crippen MR) is 164 cm³/mol. The summed E-state index contributed by atoms with van der Waals surface area (Å²) in [6, 6.07) is 33.4. The number of hydrogen-bond acceptors (Lipinski definition) is 6. The summed E-state index contributed by atoms with van der Waals surface area (Å²) < 4.78 is 18.5. The van der Waals surface area contributed by atoms with Crippen LogP contribution in [0.15, 0.2) is 108 Å². The third-order valence-electron chi connectivity index (χ3n) is 7.11. The molecule has 4 aromatic rings. The fourth-order valence-electron chi connectivity index (χ4n) is 4.76. The number of hydrogen-bond donors (Lipinski definition) is 3. The molecule has 1 aliphatic rings. The minimum absolute atomic E-state index is 0.00556. The number of aliphatic hydroxyl groups excluding tert-OH is 1. The summed E-state index contributed by atoms with van der Waals surface area (Å²) in [5.74, 6) is 1.59. The first-order valence-corrected chi connectivity index (χ1v) is 15.0. The Balaban J connectivity index is 1.23. The molecular weight excluding hydrogens is 548 g/mol. The number of benzene rings is 4. The molecule has 42 heavy (non-hydrogen) atoms. The Morgan fingerprint density at radius 3 is 2.12 bits per heavy atom. The number of amides is 2. The second kappa shape index (κ2) is 14.9. The Morgan fingerprint density at radius 1 is 0.810 bits per heavy atom. The van der Waals surface area contributed by atoms with E-state index >= 15 is 0 Å². The number of ether oxygens (including phenoxy) is 3. The van der Waals surface area contributed by atoms with Gasteiger partial charge in [-0.1, -0.05) is 91.0 Å². The summed E-state index contributed by atoms with van der Waals surface area (Å²) in [5, 5.41) is 15.3. The average molecular weight is 585 g/mol. The van der Waals surface area contributed by atoms with E-state index in [4.69, 9.17) is 14.2 Å². The largest absolute Gasteiger partial charge is 0.496 e. The van der Waals surface area contributed by atoms with Gasteiger partial charge in [-0.15, -0.1) is 11.8 Å². The smallest absolute Gasteiger partial charge is 0.315 e. The van der Waals surface area contributed by atoms with Gasteiger partial charge in [-0.05, 0) is 34.4 Å². The zero-order valence-electron chi connectivity index (χ0n) is 23.6. The van der Waals surface area contributed by atoms with Crippen molar-refractivity contribution in [3.05, 3.63) is 131 Å². The second-order valence-electron chi connectivity index (χ2n) is 10.1. The van der Waals surface area contributed by atoms with Crippen molar-refractivity contribution in [3.8, 4) is 5.75 Å². The van der Waals surface area contributed by atoms with Crippen LogP contribution in [0.25, 0.3) is 0 Å². The third kappa shape index (κ3) is 8.14. The summed E-state index contributed by atoms with van der Waals surface area (Å²) >= 11 is 1.71. The molecule has 0 saturated carbocycles. The number of urea groups is 1. The van der Waals surface area contributed by atoms with Gasteiger partial charge >= 0.3 is 6.03 Å². The number of methoxy groups -OCH3 is 1. The molecule has 1 fully saturated rings. The summed E-state index contributed by atoms with van der Waals surface area (Å²) in [5.41, 5.74) is 4.85. The summed E-state index contributed by atoms with van der Waals surface area (Å²) in [4.78, 5) is 13.3. The van der Waals surface area contributed by atoms with Crippen LogP contribution in [-0.2, 0) is 29.2 Å². The van der Waals surface area contributed by atoms with Gasteiger partial charge in [0.25, 0.3) is 0 Å². The lowest BCUT2D eigenvalue weighted by atomic mass is 10.0. The molecule has 0 aromatic heterocycles. The number of carbonyl (C=O) groups is 1. The van der Waals surface area contributed by atoms with Crippen molar-refractivity contribution in [3.63, 3.8) is 0 Å². The van der Waals surface area contributed by atoms with Gasteiger partial charge in [-0.2, -0.15) is 0 Å². The molecule has 0 radical (unpaired) electrons. The highest BCUT2D eigenvalue weighted by molar-refractivity contribution is 7.99. The lowest BCUT2D eigenvalue weighted by Gasteiger charge is -2.36. The fourth-order valence-corrected chi connectivity index (χ4v) is 5.81. The van der Waals surface area contributed by atoms with E-state index in [2.05, 4.69) is 16.7 Å². The monoisotopic (exact) mass is 584 g/mol. The number of aliphatic hydroxyl groups is 1. The van der Waals surface area contributed by atoms with E-state index in [1.54, 1.807) is 18.9 Å². The van der Waals surface area contributed by atoms with E-state index in [0.717, 1.165) is 44.2 Å². The van der Waals surface area contributed by atoms with Crippen molar-refractivity contribution >= 4 is 17.8 Å². The molecule has 0 bridgehead atoms. The minimum atomic E-state index is -0.541. The van der Waals surface area contributed by atoms with E-state index < -0.39 is 6.29 Å². The number of nitrogens with one attached hydrogen (secondary N) is 2. The maximum absolute atomic E-state index is 12.3. The van der Waals surface area contributed by atoms with Crippen LogP contribution in [0.5, 0.6) is 5.75 Å². The zero-order valence-corrected chi connectivity index (χ0v) is 24.4. The third-order valence-corrected chi connectivity index (χ3v) is 8.30. The lowest BCUT2D eigenvalue weighted by molar-refractivity contribution is -0.245. The molecular formula is C34H36N2O5S. The van der Waals surface area contributed by atoms with E-state index in [0.29, 0.717) is 19.5 Å². The van der Waals surface area contributed by atoms with Crippen molar-refractivity contribution < 1.29 is 24.1 Å². The van der Waals surface area contributed by atoms with Gasteiger partial charge in [0.05, 0.1) is 25.9 Å². The van der Waals surface area contributed by atoms with Gasteiger partial charge in [0, 0.05) is 35.7 Å². The first-order valence-electron chi connectivity index (χ1n) is 14.0. The van der Waals surface area contributed by atoms with Gasteiger partial charge in [0.15, 0.2) is 6.29 Å². The van der Waals surface area contributed by atoms with E-state index in [9.17, 15) is 9.90 Å². The number of thioether (sulfide) groups is 1. The molecule has 1 saturated heterocycles. The quantitative estimate of drug-likeness (QED) is 0.174. The van der Waals surface area contributed by atoms with Gasteiger partial charge in [0.1, 0.15) is 5.75 Å². The number of carbonyl (C=O) groups excluding carboxylic acids is 1. The molecule has 218 valence electrons. The fraction of sp³-hybridized carbons (Fsp3) is 0.265. The zero-order chi connectivity index (χ0) is 29.1. The summed E-state index contributed by atoms with van der Waals surface area (Å²) in [7, 11) is 1.68. The first kappa shape index (κ1) is 29.7. The van der Waals surface area contributed by atoms with Crippen LogP contribution in [0.4, 0.5) is 4.79 Å². The molecule has 1 aliphatic heterocycles. The molecule has 0 spiro atoms. The highest BCUT2D eigenvalue weighted by Gasteiger charge is 2.32. The molecule has 3 N–H and O–H groups in total. The molecule has 0 aliphatic carbocycles. The minimum Gasteiger partial charge on any atom is -0.496 e. The molecule has 3 atom stereocenters. The standard InChI is InChI=1S/C34H36N2O5S/c1-39-30-9-5-6-10-32(30)42-23-29-19-31(27-15-13-26(22-37)14-16-27)41-33(40-29)28-17-11-25(12-18-28)21-36-34(38)35-20-24-7-3-2-4-8-24/h2-18,29,31,33,37H,19-23H2,1H3,(H2,35,36,38). The molecule has 3 unspecified atom stereocenters. The van der Waals surface area contributed by atoms with Crippen LogP contribution in [0, 0.1) is 0 Å². The maximum Gasteiger partial charge on any atom is 0.315 e. The molecule has 8 heteroatoms. The van der Waals surface area contributed by atoms with Crippen LogP contribution >= 0.6 is 11.8 Å². The van der Waals surface area contributed by atoms with Crippen molar-refractivity contribution in [1.29, 1.82) is 0 Å². The van der Waals surface area contributed by atoms with E-state index in [1.807, 2.05) is 97.1 Å². The lowest BCUT2D eigenvalue weighted by Crippen LogP contribution is -2.34. The van der Waals surface area contributed by atoms with Gasteiger partial charge < -0.3 is 30.0 Å². The van der Waals surface area contributed by atoms with Crippen molar-refractivity contribution in [2.75, 3.05) is 12.9 Å². The number of rotatable bonds is 11. The Labute approximate surface area is 251 Å². The van der Waals surface area contributed by atoms with Crippen LogP contribution in [0.1, 0.15) is 46.6 Å². The van der Waals surface area contributed by atoms with Crippen molar-refractivity contribution in [1.82, 2.24) is 10.6 Å². The molecule has 1 heterocycles. The van der Waals surface area contributed by atoms with Gasteiger partial charge in [-0.3, -0.25) is 0 Å².